The van der Waals surface area contributed by atoms with Crippen molar-refractivity contribution in [1.82, 2.24) is 14.8 Å². The third-order valence-electron chi connectivity index (χ3n) is 3.87. The molecule has 3 aromatic rings. The summed E-state index contributed by atoms with van der Waals surface area (Å²) in [7, 11) is 0. The van der Waals surface area contributed by atoms with Crippen molar-refractivity contribution in [3.8, 4) is 0 Å². The monoisotopic (exact) mass is 365 g/mol. The number of pyridine rings is 1. The number of hydrogen-bond acceptors (Lipinski definition) is 5. The molecule has 2 aromatic heterocycles. The molecule has 0 fully saturated rings. The van der Waals surface area contributed by atoms with Crippen LogP contribution in [-0.4, -0.2) is 32.3 Å². The molecule has 0 saturated carbocycles. The molecule has 1 aliphatic rings. The average molecular weight is 365 g/mol. The molecule has 3 heterocycles. The van der Waals surface area contributed by atoms with Crippen LogP contribution in [0.4, 0.5) is 11.5 Å². The van der Waals surface area contributed by atoms with Gasteiger partial charge in [0.2, 0.25) is 5.91 Å². The van der Waals surface area contributed by atoms with Gasteiger partial charge in [-0.1, -0.05) is 6.07 Å². The molecule has 8 heteroatoms. The molecule has 4 rings (SSSR count). The van der Waals surface area contributed by atoms with Crippen LogP contribution in [0.5, 0.6) is 0 Å². The molecule has 2 N–H and O–H groups in total. The summed E-state index contributed by atoms with van der Waals surface area (Å²) in [6, 6.07) is 12.7. The fraction of sp³-hybridized carbons (Fsp3) is 0.111. The summed E-state index contributed by atoms with van der Waals surface area (Å²) in [5.74, 6) is 0.649. The van der Waals surface area contributed by atoms with Crippen molar-refractivity contribution in [2.45, 2.75) is 11.4 Å². The topological polar surface area (TPSA) is 88.9 Å². The zero-order valence-corrected chi connectivity index (χ0v) is 14.5. The summed E-state index contributed by atoms with van der Waals surface area (Å²) < 4.78 is 1.68. The molecule has 130 valence electrons. The highest BCUT2D eigenvalue weighted by atomic mass is 32.2. The molecule has 1 aliphatic heterocycles. The van der Waals surface area contributed by atoms with Crippen LogP contribution in [0.2, 0.25) is 0 Å². The first-order chi connectivity index (χ1) is 12.7. The van der Waals surface area contributed by atoms with Gasteiger partial charge in [-0.2, -0.15) is 5.10 Å². The Morgan fingerprint density at radius 3 is 3.00 bits per heavy atom. The molecule has 0 unspecified atom stereocenters. The number of amides is 2. The van der Waals surface area contributed by atoms with Crippen LogP contribution in [0.3, 0.4) is 0 Å². The molecular weight excluding hydrogens is 350 g/mol. The molecule has 0 saturated heterocycles. The van der Waals surface area contributed by atoms with E-state index in [9.17, 15) is 9.59 Å². The van der Waals surface area contributed by atoms with Crippen molar-refractivity contribution in [2.75, 3.05) is 16.4 Å². The highest BCUT2D eigenvalue weighted by molar-refractivity contribution is 8.00. The molecule has 0 bridgehead atoms. The summed E-state index contributed by atoms with van der Waals surface area (Å²) in [5, 5.41) is 9.89. The van der Waals surface area contributed by atoms with Gasteiger partial charge < -0.3 is 10.6 Å². The van der Waals surface area contributed by atoms with Crippen molar-refractivity contribution in [3.05, 3.63) is 66.1 Å². The number of rotatable bonds is 4. The fourth-order valence-corrected chi connectivity index (χ4v) is 3.41. The molecule has 0 aliphatic carbocycles. The van der Waals surface area contributed by atoms with Crippen molar-refractivity contribution < 1.29 is 9.59 Å². The molecule has 0 atom stereocenters. The molecule has 7 nitrogen and oxygen atoms in total. The number of hydrogen-bond donors (Lipinski definition) is 2. The van der Waals surface area contributed by atoms with Crippen molar-refractivity contribution >= 4 is 35.1 Å². The van der Waals surface area contributed by atoms with Crippen LogP contribution in [0.15, 0.2) is 59.8 Å². The molecule has 26 heavy (non-hydrogen) atoms. The minimum atomic E-state index is -0.264. The normalized spacial score (nSPS) is 13.0. The quantitative estimate of drug-likeness (QED) is 0.742. The number of carbonyl (C=O) groups is 2. The predicted octanol–water partition coefficient (Wildman–Crippen LogP) is 2.62. The molecular formula is C18H15N5O2S. The number of thioether (sulfide) groups is 1. The number of aromatic nitrogens is 3. The summed E-state index contributed by atoms with van der Waals surface area (Å²) in [6.07, 6.45) is 3.35. The van der Waals surface area contributed by atoms with Crippen molar-refractivity contribution in [1.29, 1.82) is 0 Å². The number of benzene rings is 1. The Bertz CT molecular complexity index is 971. The highest BCUT2D eigenvalue weighted by Gasteiger charge is 2.18. The van der Waals surface area contributed by atoms with Gasteiger partial charge in [0, 0.05) is 22.7 Å². The summed E-state index contributed by atoms with van der Waals surface area (Å²) >= 11 is 1.46. The standard InChI is InChI=1S/C18H15N5O2S/c24-17-11-26-15-5-4-12(9-14(15)21-17)18(25)22-16-6-8-20-23(16)10-13-3-1-2-7-19-13/h1-9H,10-11H2,(H,21,24)(H,22,25). The maximum atomic E-state index is 12.6. The number of carbonyl (C=O) groups excluding carboxylic acids is 2. The summed E-state index contributed by atoms with van der Waals surface area (Å²) in [4.78, 5) is 29.4. The maximum Gasteiger partial charge on any atom is 0.256 e. The Morgan fingerprint density at radius 1 is 1.23 bits per heavy atom. The first-order valence-corrected chi connectivity index (χ1v) is 8.97. The van der Waals surface area contributed by atoms with Crippen LogP contribution < -0.4 is 10.6 Å². The van der Waals surface area contributed by atoms with E-state index in [2.05, 4.69) is 20.7 Å². The lowest BCUT2D eigenvalue weighted by Gasteiger charge is -2.17. The van der Waals surface area contributed by atoms with Crippen molar-refractivity contribution in [3.63, 3.8) is 0 Å². The lowest BCUT2D eigenvalue weighted by atomic mass is 10.2. The third kappa shape index (κ3) is 3.45. The van der Waals surface area contributed by atoms with Crippen molar-refractivity contribution in [2.24, 2.45) is 0 Å². The second-order valence-corrected chi connectivity index (χ2v) is 6.71. The molecule has 0 spiro atoms. The van der Waals surface area contributed by atoms with E-state index in [-0.39, 0.29) is 11.8 Å². The van der Waals surface area contributed by atoms with Crippen LogP contribution >= 0.6 is 11.8 Å². The van der Waals surface area contributed by atoms with E-state index in [1.165, 1.54) is 11.8 Å². The molecule has 2 amide bonds. The van der Waals surface area contributed by atoms with Gasteiger partial charge in [0.05, 0.1) is 29.9 Å². The van der Waals surface area contributed by atoms with E-state index in [1.54, 1.807) is 35.3 Å². The van der Waals surface area contributed by atoms with Crippen LogP contribution in [-0.2, 0) is 11.3 Å². The number of nitrogens with one attached hydrogen (secondary N) is 2. The number of fused-ring (bicyclic) bond motifs is 1. The van der Waals surface area contributed by atoms with Crippen LogP contribution in [0, 0.1) is 0 Å². The second kappa shape index (κ2) is 7.01. The summed E-state index contributed by atoms with van der Waals surface area (Å²) in [5.41, 5.74) is 1.98. The average Bonchev–Trinajstić information content (AvgIpc) is 3.08. The van der Waals surface area contributed by atoms with Gasteiger partial charge in [-0.15, -0.1) is 11.8 Å². The lowest BCUT2D eigenvalue weighted by molar-refractivity contribution is -0.113. The van der Waals surface area contributed by atoms with Gasteiger partial charge in [0.1, 0.15) is 5.82 Å². The first kappa shape index (κ1) is 16.3. The number of anilines is 2. The van der Waals surface area contributed by atoms with Gasteiger partial charge in [0.15, 0.2) is 0 Å². The zero-order valence-electron chi connectivity index (χ0n) is 13.7. The van der Waals surface area contributed by atoms with E-state index in [1.807, 2.05) is 24.3 Å². The Balaban J connectivity index is 1.52. The molecule has 1 aromatic carbocycles. The van der Waals surface area contributed by atoms with Gasteiger partial charge in [-0.25, -0.2) is 4.68 Å². The Labute approximate surface area is 153 Å². The van der Waals surface area contributed by atoms with Gasteiger partial charge >= 0.3 is 0 Å². The van der Waals surface area contributed by atoms with Crippen LogP contribution in [0.1, 0.15) is 16.1 Å². The highest BCUT2D eigenvalue weighted by Crippen LogP contribution is 2.32. The second-order valence-electron chi connectivity index (χ2n) is 5.70. The van der Waals surface area contributed by atoms with Gasteiger partial charge in [-0.05, 0) is 30.3 Å². The van der Waals surface area contributed by atoms with E-state index < -0.39 is 0 Å². The third-order valence-corrected chi connectivity index (χ3v) is 4.94. The van der Waals surface area contributed by atoms with E-state index in [0.29, 0.717) is 29.4 Å². The maximum absolute atomic E-state index is 12.6. The van der Waals surface area contributed by atoms with E-state index >= 15 is 0 Å². The minimum absolute atomic E-state index is 0.0616. The van der Waals surface area contributed by atoms with E-state index in [0.717, 1.165) is 10.6 Å². The van der Waals surface area contributed by atoms with E-state index in [4.69, 9.17) is 0 Å². The minimum Gasteiger partial charge on any atom is -0.324 e. The van der Waals surface area contributed by atoms with Gasteiger partial charge in [0.25, 0.3) is 5.91 Å². The Kier molecular flexibility index (Phi) is 4.40. The van der Waals surface area contributed by atoms with Gasteiger partial charge in [-0.3, -0.25) is 14.6 Å². The largest absolute Gasteiger partial charge is 0.324 e. The van der Waals surface area contributed by atoms with Crippen LogP contribution in [0.25, 0.3) is 0 Å². The predicted molar refractivity (Wildman–Crippen MR) is 99.3 cm³/mol. The fourth-order valence-electron chi connectivity index (χ4n) is 2.62. The Morgan fingerprint density at radius 2 is 2.15 bits per heavy atom. The SMILES string of the molecule is O=C1CSc2ccc(C(=O)Nc3ccnn3Cc3ccccn3)cc2N1. The first-order valence-electron chi connectivity index (χ1n) is 7.99. The lowest BCUT2D eigenvalue weighted by Crippen LogP contribution is -2.20. The summed E-state index contributed by atoms with van der Waals surface area (Å²) in [6.45, 7) is 0.459. The Hall–Kier alpha value is -3.13. The molecule has 0 radical (unpaired) electrons. The zero-order chi connectivity index (χ0) is 17.9. The number of nitrogens with zero attached hydrogens (tertiary/aromatic N) is 3. The smallest absolute Gasteiger partial charge is 0.256 e.